The highest BCUT2D eigenvalue weighted by atomic mass is 16.5. The number of ether oxygens (including phenoxy) is 1. The van der Waals surface area contributed by atoms with Crippen LogP contribution < -0.4 is 10.1 Å². The molecule has 1 aromatic carbocycles. The van der Waals surface area contributed by atoms with Crippen LogP contribution in [-0.4, -0.2) is 22.1 Å². The van der Waals surface area contributed by atoms with Gasteiger partial charge in [0.05, 0.1) is 6.61 Å². The third kappa shape index (κ3) is 3.22. The summed E-state index contributed by atoms with van der Waals surface area (Å²) in [5.74, 6) is 1.23. The molecule has 25 heavy (non-hydrogen) atoms. The number of carbonyl (C=O) groups excluding carboxylic acids is 1. The van der Waals surface area contributed by atoms with Gasteiger partial charge >= 0.3 is 0 Å². The van der Waals surface area contributed by atoms with E-state index >= 15 is 0 Å². The summed E-state index contributed by atoms with van der Waals surface area (Å²) in [5, 5.41) is 3.95. The van der Waals surface area contributed by atoms with Crippen LogP contribution in [-0.2, 0) is 6.54 Å². The van der Waals surface area contributed by atoms with Crippen LogP contribution in [0, 0.1) is 13.8 Å². The van der Waals surface area contributed by atoms with Crippen molar-refractivity contribution in [3.05, 3.63) is 53.3 Å². The predicted octanol–water partition coefficient (Wildman–Crippen LogP) is 4.32. The number of hydrogen-bond acceptors (Lipinski definition) is 3. The summed E-state index contributed by atoms with van der Waals surface area (Å²) in [7, 11) is 0. The molecule has 0 saturated heterocycles. The molecule has 0 aliphatic rings. The van der Waals surface area contributed by atoms with Crippen molar-refractivity contribution in [1.29, 1.82) is 0 Å². The van der Waals surface area contributed by atoms with Gasteiger partial charge < -0.3 is 14.6 Å². The second kappa shape index (κ2) is 6.97. The maximum absolute atomic E-state index is 12.9. The van der Waals surface area contributed by atoms with E-state index in [1.54, 1.807) is 6.20 Å². The first-order valence-corrected chi connectivity index (χ1v) is 8.54. The van der Waals surface area contributed by atoms with Gasteiger partial charge in [0.1, 0.15) is 17.3 Å². The minimum absolute atomic E-state index is 0.147. The van der Waals surface area contributed by atoms with Crippen molar-refractivity contribution in [1.82, 2.24) is 9.55 Å². The van der Waals surface area contributed by atoms with Gasteiger partial charge in [0.25, 0.3) is 5.91 Å². The lowest BCUT2D eigenvalue weighted by Gasteiger charge is -2.10. The van der Waals surface area contributed by atoms with E-state index in [0.29, 0.717) is 24.7 Å². The molecule has 0 saturated carbocycles. The van der Waals surface area contributed by atoms with E-state index in [0.717, 1.165) is 27.8 Å². The topological polar surface area (TPSA) is 56.1 Å². The zero-order valence-corrected chi connectivity index (χ0v) is 15.1. The second-order valence-corrected chi connectivity index (χ2v) is 6.00. The van der Waals surface area contributed by atoms with Gasteiger partial charge in [-0.05, 0) is 69.2 Å². The lowest BCUT2D eigenvalue weighted by Crippen LogP contribution is -2.18. The number of nitrogens with zero attached hydrogens (tertiary/aromatic N) is 2. The first-order valence-electron chi connectivity index (χ1n) is 8.54. The van der Waals surface area contributed by atoms with Gasteiger partial charge in [0, 0.05) is 23.6 Å². The van der Waals surface area contributed by atoms with Gasteiger partial charge in [-0.1, -0.05) is 0 Å². The second-order valence-electron chi connectivity index (χ2n) is 6.00. The molecular weight excluding hydrogens is 314 g/mol. The van der Waals surface area contributed by atoms with Gasteiger partial charge in [0.15, 0.2) is 0 Å². The SMILES string of the molecule is CCOc1ccc2c(c1)c(C)c(C(=O)Nc1cc(C)ccn1)n2CC. The highest BCUT2D eigenvalue weighted by Gasteiger charge is 2.20. The maximum Gasteiger partial charge on any atom is 0.273 e. The van der Waals surface area contributed by atoms with Crippen LogP contribution in [0.4, 0.5) is 5.82 Å². The minimum atomic E-state index is -0.147. The van der Waals surface area contributed by atoms with Crippen LogP contribution >= 0.6 is 0 Å². The minimum Gasteiger partial charge on any atom is -0.494 e. The third-order valence-corrected chi connectivity index (χ3v) is 4.29. The van der Waals surface area contributed by atoms with Gasteiger partial charge in [-0.3, -0.25) is 4.79 Å². The maximum atomic E-state index is 12.9. The van der Waals surface area contributed by atoms with Crippen LogP contribution in [0.5, 0.6) is 5.75 Å². The Kier molecular flexibility index (Phi) is 4.74. The van der Waals surface area contributed by atoms with E-state index in [2.05, 4.69) is 10.3 Å². The molecule has 0 radical (unpaired) electrons. The Hall–Kier alpha value is -2.82. The zero-order chi connectivity index (χ0) is 18.0. The smallest absolute Gasteiger partial charge is 0.273 e. The molecule has 2 heterocycles. The Balaban J connectivity index is 2.05. The van der Waals surface area contributed by atoms with Crippen LogP contribution in [0.2, 0.25) is 0 Å². The van der Waals surface area contributed by atoms with Crippen molar-refractivity contribution in [3.63, 3.8) is 0 Å². The standard InChI is InChI=1S/C20H23N3O2/c1-5-23-17-8-7-15(25-6-2)12-16(17)14(4)19(23)20(24)22-18-11-13(3)9-10-21-18/h7-12H,5-6H2,1-4H3,(H,21,22,24). The summed E-state index contributed by atoms with van der Waals surface area (Å²) in [4.78, 5) is 17.1. The average Bonchev–Trinajstić information content (AvgIpc) is 2.87. The zero-order valence-electron chi connectivity index (χ0n) is 15.1. The molecule has 0 bridgehead atoms. The molecule has 5 nitrogen and oxygen atoms in total. The van der Waals surface area contributed by atoms with E-state index in [-0.39, 0.29) is 5.91 Å². The number of benzene rings is 1. The van der Waals surface area contributed by atoms with E-state index < -0.39 is 0 Å². The molecule has 130 valence electrons. The Morgan fingerprint density at radius 2 is 2.00 bits per heavy atom. The third-order valence-electron chi connectivity index (χ3n) is 4.29. The Morgan fingerprint density at radius 3 is 2.68 bits per heavy atom. The lowest BCUT2D eigenvalue weighted by molar-refractivity contribution is 0.101. The van der Waals surface area contributed by atoms with E-state index in [9.17, 15) is 4.79 Å². The number of rotatable bonds is 5. The van der Waals surface area contributed by atoms with E-state index in [1.807, 2.05) is 62.6 Å². The number of amides is 1. The van der Waals surface area contributed by atoms with Crippen molar-refractivity contribution in [2.75, 3.05) is 11.9 Å². The number of hydrogen-bond donors (Lipinski definition) is 1. The molecule has 0 aliphatic carbocycles. The summed E-state index contributed by atoms with van der Waals surface area (Å²) < 4.78 is 7.63. The molecule has 1 N–H and O–H groups in total. The molecule has 3 aromatic rings. The molecule has 2 aromatic heterocycles. The molecule has 0 spiro atoms. The molecule has 1 amide bonds. The van der Waals surface area contributed by atoms with Crippen molar-refractivity contribution >= 4 is 22.6 Å². The number of pyridine rings is 1. The summed E-state index contributed by atoms with van der Waals surface area (Å²) in [6.45, 7) is 9.27. The Morgan fingerprint density at radius 1 is 1.20 bits per heavy atom. The Labute approximate surface area is 147 Å². The molecular formula is C20H23N3O2. The summed E-state index contributed by atoms with van der Waals surface area (Å²) in [6.07, 6.45) is 1.70. The fourth-order valence-electron chi connectivity index (χ4n) is 3.16. The van der Waals surface area contributed by atoms with Crippen molar-refractivity contribution in [3.8, 4) is 5.75 Å². The largest absolute Gasteiger partial charge is 0.494 e. The van der Waals surface area contributed by atoms with Crippen LogP contribution in [0.1, 0.15) is 35.5 Å². The van der Waals surface area contributed by atoms with Crippen molar-refractivity contribution in [2.24, 2.45) is 0 Å². The first-order chi connectivity index (χ1) is 12.0. The molecule has 5 heteroatoms. The highest BCUT2D eigenvalue weighted by molar-refractivity contribution is 6.08. The van der Waals surface area contributed by atoms with Crippen LogP contribution in [0.25, 0.3) is 10.9 Å². The molecule has 3 rings (SSSR count). The van der Waals surface area contributed by atoms with Gasteiger partial charge in [-0.2, -0.15) is 0 Å². The van der Waals surface area contributed by atoms with Crippen molar-refractivity contribution in [2.45, 2.75) is 34.2 Å². The molecule has 0 unspecified atom stereocenters. The average molecular weight is 337 g/mol. The summed E-state index contributed by atoms with van der Waals surface area (Å²) in [5.41, 5.74) is 3.70. The first kappa shape index (κ1) is 17.0. The molecule has 0 aliphatic heterocycles. The number of carbonyl (C=O) groups is 1. The fourth-order valence-corrected chi connectivity index (χ4v) is 3.16. The number of aryl methyl sites for hydroxylation is 3. The Bertz CT molecular complexity index is 928. The normalized spacial score (nSPS) is 10.9. The van der Waals surface area contributed by atoms with E-state index in [1.165, 1.54) is 0 Å². The number of nitrogens with one attached hydrogen (secondary N) is 1. The summed E-state index contributed by atoms with van der Waals surface area (Å²) in [6, 6.07) is 9.72. The number of fused-ring (bicyclic) bond motifs is 1. The van der Waals surface area contributed by atoms with Gasteiger partial charge in [-0.15, -0.1) is 0 Å². The van der Waals surface area contributed by atoms with Crippen LogP contribution in [0.15, 0.2) is 36.5 Å². The van der Waals surface area contributed by atoms with Gasteiger partial charge in [0.2, 0.25) is 0 Å². The fraction of sp³-hybridized carbons (Fsp3) is 0.300. The monoisotopic (exact) mass is 337 g/mol. The number of aromatic nitrogens is 2. The molecule has 0 fully saturated rings. The summed E-state index contributed by atoms with van der Waals surface area (Å²) >= 11 is 0. The number of anilines is 1. The van der Waals surface area contributed by atoms with Crippen LogP contribution in [0.3, 0.4) is 0 Å². The van der Waals surface area contributed by atoms with E-state index in [4.69, 9.17) is 4.74 Å². The van der Waals surface area contributed by atoms with Crippen molar-refractivity contribution < 1.29 is 9.53 Å². The molecule has 0 atom stereocenters. The predicted molar refractivity (Wildman–Crippen MR) is 100 cm³/mol. The lowest BCUT2D eigenvalue weighted by atomic mass is 10.1. The highest BCUT2D eigenvalue weighted by Crippen LogP contribution is 2.29. The quantitative estimate of drug-likeness (QED) is 0.754. The van der Waals surface area contributed by atoms with Gasteiger partial charge in [-0.25, -0.2) is 4.98 Å².